The number of aliphatic hydroxyl groups excluding tert-OH is 1. The molecule has 1 saturated heterocycles. The molecular weight excluding hydrogens is 266 g/mol. The molecule has 1 aliphatic heterocycles. The number of fused-ring (bicyclic) bond motifs is 1. The first-order valence-electron chi connectivity index (χ1n) is 6.00. The van der Waals surface area contributed by atoms with Gasteiger partial charge in [0.2, 0.25) is 10.0 Å². The standard InChI is InChI=1S/C12H15N3O3S/c13-9-1-2-11-10(3-9)12(4-14-11)19(17,18)15-5-8(6-15)7-16/h1-4,8,14,16H,5-7,13H2. The first-order valence-corrected chi connectivity index (χ1v) is 7.44. The molecule has 4 N–H and O–H groups in total. The number of hydrogen-bond acceptors (Lipinski definition) is 4. The molecule has 0 bridgehead atoms. The second-order valence-corrected chi connectivity index (χ2v) is 6.73. The zero-order valence-electron chi connectivity index (χ0n) is 10.2. The fraction of sp³-hybridized carbons (Fsp3) is 0.333. The van der Waals surface area contributed by atoms with Gasteiger partial charge in [-0.2, -0.15) is 4.31 Å². The highest BCUT2D eigenvalue weighted by Crippen LogP contribution is 2.30. The van der Waals surface area contributed by atoms with E-state index >= 15 is 0 Å². The summed E-state index contributed by atoms with van der Waals surface area (Å²) in [6, 6.07) is 5.14. The molecule has 19 heavy (non-hydrogen) atoms. The first-order chi connectivity index (χ1) is 9.02. The molecule has 0 radical (unpaired) electrons. The molecule has 0 atom stereocenters. The van der Waals surface area contributed by atoms with Crippen molar-refractivity contribution in [1.82, 2.24) is 9.29 Å². The molecule has 0 amide bonds. The lowest BCUT2D eigenvalue weighted by molar-refractivity contribution is 0.117. The van der Waals surface area contributed by atoms with Crippen LogP contribution in [0.2, 0.25) is 0 Å². The number of aromatic nitrogens is 1. The summed E-state index contributed by atoms with van der Waals surface area (Å²) in [6.07, 6.45) is 1.49. The highest BCUT2D eigenvalue weighted by atomic mass is 32.2. The third-order valence-corrected chi connectivity index (χ3v) is 5.34. The van der Waals surface area contributed by atoms with Crippen LogP contribution in [-0.2, 0) is 10.0 Å². The normalized spacial score (nSPS) is 17.7. The number of nitrogen functional groups attached to an aromatic ring is 1. The van der Waals surface area contributed by atoms with Crippen molar-refractivity contribution in [3.8, 4) is 0 Å². The molecule has 0 spiro atoms. The quantitative estimate of drug-likeness (QED) is 0.707. The minimum Gasteiger partial charge on any atom is -0.399 e. The maximum absolute atomic E-state index is 12.4. The molecule has 102 valence electrons. The van der Waals surface area contributed by atoms with E-state index in [1.165, 1.54) is 10.5 Å². The van der Waals surface area contributed by atoms with E-state index in [1.807, 2.05) is 0 Å². The van der Waals surface area contributed by atoms with Crippen molar-refractivity contribution in [2.24, 2.45) is 5.92 Å². The molecule has 3 rings (SSSR count). The highest BCUT2D eigenvalue weighted by molar-refractivity contribution is 7.89. The van der Waals surface area contributed by atoms with Crippen LogP contribution in [-0.4, -0.2) is 42.5 Å². The summed E-state index contributed by atoms with van der Waals surface area (Å²) in [7, 11) is -3.51. The molecule has 7 heteroatoms. The minimum atomic E-state index is -3.51. The summed E-state index contributed by atoms with van der Waals surface area (Å²) >= 11 is 0. The molecule has 1 aliphatic rings. The van der Waals surface area contributed by atoms with Gasteiger partial charge in [-0.25, -0.2) is 8.42 Å². The molecule has 1 aromatic heterocycles. The van der Waals surface area contributed by atoms with E-state index in [2.05, 4.69) is 4.98 Å². The third kappa shape index (κ3) is 1.90. The number of nitrogens with zero attached hydrogens (tertiary/aromatic N) is 1. The van der Waals surface area contributed by atoms with E-state index in [4.69, 9.17) is 10.8 Å². The molecule has 0 saturated carbocycles. The van der Waals surface area contributed by atoms with E-state index < -0.39 is 10.0 Å². The fourth-order valence-electron chi connectivity index (χ4n) is 2.30. The van der Waals surface area contributed by atoms with Crippen LogP contribution in [0.15, 0.2) is 29.3 Å². The van der Waals surface area contributed by atoms with E-state index in [0.29, 0.717) is 24.2 Å². The number of nitrogens with one attached hydrogen (secondary N) is 1. The Morgan fingerprint density at radius 2 is 2.16 bits per heavy atom. The molecule has 1 aromatic carbocycles. The van der Waals surface area contributed by atoms with Crippen LogP contribution in [0.1, 0.15) is 0 Å². The van der Waals surface area contributed by atoms with Crippen molar-refractivity contribution in [3.05, 3.63) is 24.4 Å². The Balaban J connectivity index is 2.02. The van der Waals surface area contributed by atoms with Crippen molar-refractivity contribution in [3.63, 3.8) is 0 Å². The van der Waals surface area contributed by atoms with Crippen molar-refractivity contribution >= 4 is 26.6 Å². The van der Waals surface area contributed by atoms with Crippen molar-refractivity contribution in [2.75, 3.05) is 25.4 Å². The zero-order valence-corrected chi connectivity index (χ0v) is 11.0. The SMILES string of the molecule is Nc1ccc2[nH]cc(S(=O)(=O)N3CC(CO)C3)c2c1. The third-order valence-electron chi connectivity index (χ3n) is 3.47. The molecule has 0 unspecified atom stereocenters. The number of aliphatic hydroxyl groups is 1. The van der Waals surface area contributed by atoms with Gasteiger partial charge in [-0.15, -0.1) is 0 Å². The van der Waals surface area contributed by atoms with Gasteiger partial charge >= 0.3 is 0 Å². The van der Waals surface area contributed by atoms with Crippen LogP contribution in [0, 0.1) is 5.92 Å². The predicted octanol–water partition coefficient (Wildman–Crippen LogP) is 0.363. The molecule has 2 heterocycles. The van der Waals surface area contributed by atoms with Crippen LogP contribution in [0.4, 0.5) is 5.69 Å². The van der Waals surface area contributed by atoms with Gasteiger partial charge in [0, 0.05) is 48.4 Å². The van der Waals surface area contributed by atoms with Gasteiger partial charge in [0.05, 0.1) is 0 Å². The van der Waals surface area contributed by atoms with Crippen LogP contribution < -0.4 is 5.73 Å². The minimum absolute atomic E-state index is 0.0207. The molecule has 0 aliphatic carbocycles. The van der Waals surface area contributed by atoms with Crippen molar-refractivity contribution < 1.29 is 13.5 Å². The summed E-state index contributed by atoms with van der Waals surface area (Å²) in [5, 5.41) is 9.57. The lowest BCUT2D eigenvalue weighted by Gasteiger charge is -2.36. The van der Waals surface area contributed by atoms with Crippen LogP contribution in [0.25, 0.3) is 10.9 Å². The Kier molecular flexibility index (Phi) is 2.77. The molecular formula is C12H15N3O3S. The largest absolute Gasteiger partial charge is 0.399 e. The summed E-state index contributed by atoms with van der Waals surface area (Å²) in [4.78, 5) is 3.18. The number of rotatable bonds is 3. The van der Waals surface area contributed by atoms with Gasteiger partial charge in [-0.05, 0) is 18.2 Å². The van der Waals surface area contributed by atoms with E-state index in [9.17, 15) is 8.42 Å². The lowest BCUT2D eigenvalue weighted by Crippen LogP contribution is -2.51. The average Bonchev–Trinajstić information content (AvgIpc) is 2.70. The van der Waals surface area contributed by atoms with E-state index in [-0.39, 0.29) is 17.4 Å². The van der Waals surface area contributed by atoms with Gasteiger partial charge in [0.15, 0.2) is 0 Å². The smallest absolute Gasteiger partial charge is 0.245 e. The summed E-state index contributed by atoms with van der Waals surface area (Å²) in [6.45, 7) is 0.758. The van der Waals surface area contributed by atoms with Crippen LogP contribution >= 0.6 is 0 Å². The summed E-state index contributed by atoms with van der Waals surface area (Å²) in [5.41, 5.74) is 6.98. The maximum atomic E-state index is 12.4. The topological polar surface area (TPSA) is 99.4 Å². The second-order valence-electron chi connectivity index (χ2n) is 4.83. The van der Waals surface area contributed by atoms with Crippen molar-refractivity contribution in [1.29, 1.82) is 0 Å². The number of benzene rings is 1. The van der Waals surface area contributed by atoms with Gasteiger partial charge in [-0.3, -0.25) is 0 Å². The zero-order chi connectivity index (χ0) is 13.6. The fourth-order valence-corrected chi connectivity index (χ4v) is 4.05. The highest BCUT2D eigenvalue weighted by Gasteiger charge is 2.37. The Labute approximate surface area is 110 Å². The number of hydrogen-bond donors (Lipinski definition) is 3. The van der Waals surface area contributed by atoms with Gasteiger partial charge in [0.1, 0.15) is 4.90 Å². The Morgan fingerprint density at radius 1 is 1.42 bits per heavy atom. The molecule has 6 nitrogen and oxygen atoms in total. The Morgan fingerprint density at radius 3 is 2.84 bits per heavy atom. The summed E-state index contributed by atoms with van der Waals surface area (Å²) in [5.74, 6) is 0.0463. The average molecular weight is 281 g/mol. The monoisotopic (exact) mass is 281 g/mol. The van der Waals surface area contributed by atoms with Crippen LogP contribution in [0.5, 0.6) is 0 Å². The number of sulfonamides is 1. The molecule has 1 fully saturated rings. The van der Waals surface area contributed by atoms with E-state index in [0.717, 1.165) is 5.52 Å². The number of anilines is 1. The van der Waals surface area contributed by atoms with Crippen molar-refractivity contribution in [2.45, 2.75) is 4.90 Å². The van der Waals surface area contributed by atoms with Gasteiger partial charge < -0.3 is 15.8 Å². The van der Waals surface area contributed by atoms with E-state index in [1.54, 1.807) is 18.2 Å². The number of H-pyrrole nitrogens is 1. The Bertz CT molecular complexity index is 717. The maximum Gasteiger partial charge on any atom is 0.245 e. The second kappa shape index (κ2) is 4.22. The number of aromatic amines is 1. The molecule has 2 aromatic rings. The van der Waals surface area contributed by atoms with Crippen LogP contribution in [0.3, 0.4) is 0 Å². The number of nitrogens with two attached hydrogens (primary N) is 1. The van der Waals surface area contributed by atoms with Gasteiger partial charge in [-0.1, -0.05) is 0 Å². The predicted molar refractivity (Wildman–Crippen MR) is 72.0 cm³/mol. The Hall–Kier alpha value is -1.57. The van der Waals surface area contributed by atoms with Gasteiger partial charge in [0.25, 0.3) is 0 Å². The summed E-state index contributed by atoms with van der Waals surface area (Å²) < 4.78 is 26.3. The first kappa shape index (κ1) is 12.5. The lowest BCUT2D eigenvalue weighted by atomic mass is 10.1.